The molecule has 0 bridgehead atoms. The number of aryl methyl sites for hydroxylation is 1. The van der Waals surface area contributed by atoms with Crippen molar-refractivity contribution in [1.82, 2.24) is 9.88 Å². The summed E-state index contributed by atoms with van der Waals surface area (Å²) in [6, 6.07) is 10.4. The van der Waals surface area contributed by atoms with Crippen LogP contribution in [0.25, 0.3) is 0 Å². The highest BCUT2D eigenvalue weighted by Gasteiger charge is 2.37. The Morgan fingerprint density at radius 2 is 1.84 bits per heavy atom. The van der Waals surface area contributed by atoms with E-state index in [1.807, 2.05) is 17.9 Å². The largest absolute Gasteiger partial charge is 0.343 e. The Kier molecular flexibility index (Phi) is 6.33. The molecule has 2 amide bonds. The fourth-order valence-corrected chi connectivity index (χ4v) is 5.91. The molecule has 2 atom stereocenters. The predicted octanol–water partition coefficient (Wildman–Crippen LogP) is 3.31. The van der Waals surface area contributed by atoms with Gasteiger partial charge in [0, 0.05) is 26.2 Å². The molecule has 2 aromatic rings. The molecule has 2 aliphatic rings. The van der Waals surface area contributed by atoms with Gasteiger partial charge in [-0.05, 0) is 67.9 Å². The highest BCUT2D eigenvalue weighted by molar-refractivity contribution is 7.92. The Morgan fingerprint density at radius 3 is 2.41 bits per heavy atom. The number of benzene rings is 1. The molecule has 170 valence electrons. The number of hydrogen-bond donors (Lipinski definition) is 1. The third-order valence-electron chi connectivity index (χ3n) is 6.35. The van der Waals surface area contributed by atoms with E-state index in [1.54, 1.807) is 43.5 Å². The maximum atomic E-state index is 13.3. The summed E-state index contributed by atoms with van der Waals surface area (Å²) in [5.41, 5.74) is 1.77. The first kappa shape index (κ1) is 22.5. The summed E-state index contributed by atoms with van der Waals surface area (Å²) in [5, 5.41) is 2.63. The van der Waals surface area contributed by atoms with Gasteiger partial charge in [0.1, 0.15) is 5.82 Å². The first-order valence-electron chi connectivity index (χ1n) is 11.1. The molecular weight excluding hydrogens is 426 g/mol. The van der Waals surface area contributed by atoms with Crippen LogP contribution in [0.1, 0.15) is 49.7 Å². The molecule has 1 aromatic heterocycles. The average Bonchev–Trinajstić information content (AvgIpc) is 3.53. The second-order valence-corrected chi connectivity index (χ2v) is 11.2. The third-order valence-corrected chi connectivity index (χ3v) is 8.63. The lowest BCUT2D eigenvalue weighted by Gasteiger charge is -2.21. The molecule has 1 aliphatic carbocycles. The normalized spacial score (nSPS) is 19.6. The lowest BCUT2D eigenvalue weighted by molar-refractivity contribution is -0.127. The number of sulfone groups is 1. The molecular formula is C24H29N3O4S. The van der Waals surface area contributed by atoms with E-state index in [2.05, 4.69) is 10.3 Å². The molecule has 7 nitrogen and oxygen atoms in total. The number of aromatic nitrogens is 1. The van der Waals surface area contributed by atoms with Crippen molar-refractivity contribution < 1.29 is 18.0 Å². The van der Waals surface area contributed by atoms with Gasteiger partial charge in [-0.2, -0.15) is 0 Å². The summed E-state index contributed by atoms with van der Waals surface area (Å²) in [6.07, 6.45) is 4.56. The number of hydrogen-bond acceptors (Lipinski definition) is 5. The van der Waals surface area contributed by atoms with Crippen LogP contribution in [0.3, 0.4) is 0 Å². The van der Waals surface area contributed by atoms with Crippen molar-refractivity contribution in [2.45, 2.75) is 55.6 Å². The van der Waals surface area contributed by atoms with E-state index in [-0.39, 0.29) is 23.0 Å². The van der Waals surface area contributed by atoms with E-state index < -0.39 is 15.8 Å². The average molecular weight is 456 g/mol. The van der Waals surface area contributed by atoms with E-state index in [1.165, 1.54) is 0 Å². The molecule has 8 heteroatoms. The van der Waals surface area contributed by atoms with Crippen LogP contribution >= 0.6 is 0 Å². The molecule has 2 heterocycles. The van der Waals surface area contributed by atoms with E-state index in [9.17, 15) is 18.0 Å². The highest BCUT2D eigenvalue weighted by atomic mass is 32.2. The lowest BCUT2D eigenvalue weighted by Crippen LogP contribution is -2.28. The van der Waals surface area contributed by atoms with Crippen molar-refractivity contribution in [3.63, 3.8) is 0 Å². The minimum absolute atomic E-state index is 0.0481. The molecule has 0 unspecified atom stereocenters. The van der Waals surface area contributed by atoms with Gasteiger partial charge in [0.2, 0.25) is 11.8 Å². The van der Waals surface area contributed by atoms with Crippen molar-refractivity contribution in [3.8, 4) is 0 Å². The van der Waals surface area contributed by atoms with Gasteiger partial charge in [-0.15, -0.1) is 0 Å². The van der Waals surface area contributed by atoms with Crippen LogP contribution in [0, 0.1) is 12.8 Å². The molecule has 32 heavy (non-hydrogen) atoms. The van der Waals surface area contributed by atoms with E-state index in [4.69, 9.17) is 0 Å². The van der Waals surface area contributed by atoms with Crippen LogP contribution in [0.5, 0.6) is 0 Å². The van der Waals surface area contributed by atoms with Gasteiger partial charge in [0.05, 0.1) is 16.1 Å². The Balaban J connectivity index is 1.55. The van der Waals surface area contributed by atoms with Crippen molar-refractivity contribution in [2.75, 3.05) is 18.4 Å². The number of likely N-dealkylation sites (tertiary alicyclic amines) is 1. The van der Waals surface area contributed by atoms with Crippen molar-refractivity contribution in [1.29, 1.82) is 0 Å². The van der Waals surface area contributed by atoms with E-state index in [0.29, 0.717) is 43.1 Å². The fraction of sp³-hybridized carbons (Fsp3) is 0.458. The van der Waals surface area contributed by atoms with Gasteiger partial charge in [-0.25, -0.2) is 13.4 Å². The Hall–Kier alpha value is -2.74. The summed E-state index contributed by atoms with van der Waals surface area (Å²) in [7, 11) is -3.28. The number of carbonyl (C=O) groups excluding carboxylic acids is 2. The van der Waals surface area contributed by atoms with Gasteiger partial charge in [-0.3, -0.25) is 9.59 Å². The summed E-state index contributed by atoms with van der Waals surface area (Å²) < 4.78 is 25.1. The minimum Gasteiger partial charge on any atom is -0.343 e. The highest BCUT2D eigenvalue weighted by Crippen LogP contribution is 2.35. The summed E-state index contributed by atoms with van der Waals surface area (Å²) in [6.45, 7) is 4.83. The predicted molar refractivity (Wildman–Crippen MR) is 122 cm³/mol. The maximum absolute atomic E-state index is 13.3. The number of carbonyl (C=O) groups is 2. The maximum Gasteiger partial charge on any atom is 0.233 e. The topological polar surface area (TPSA) is 96.4 Å². The Bertz CT molecular complexity index is 1090. The first-order valence-corrected chi connectivity index (χ1v) is 12.6. The zero-order chi connectivity index (χ0) is 22.9. The summed E-state index contributed by atoms with van der Waals surface area (Å²) in [4.78, 5) is 31.4. The minimum atomic E-state index is -3.28. The van der Waals surface area contributed by atoms with E-state index in [0.717, 1.165) is 17.5 Å². The smallest absolute Gasteiger partial charge is 0.233 e. The molecule has 1 saturated carbocycles. The number of anilines is 1. The summed E-state index contributed by atoms with van der Waals surface area (Å²) >= 11 is 0. The van der Waals surface area contributed by atoms with Gasteiger partial charge in [-0.1, -0.05) is 18.2 Å². The molecule has 2 fully saturated rings. The van der Waals surface area contributed by atoms with Crippen molar-refractivity contribution in [2.24, 2.45) is 5.92 Å². The van der Waals surface area contributed by atoms with Gasteiger partial charge in [0.25, 0.3) is 0 Å². The van der Waals surface area contributed by atoms with Crippen molar-refractivity contribution >= 4 is 27.5 Å². The summed E-state index contributed by atoms with van der Waals surface area (Å²) in [5.74, 6) is 0.0888. The van der Waals surface area contributed by atoms with Crippen molar-refractivity contribution in [3.05, 3.63) is 53.7 Å². The molecule has 1 aromatic carbocycles. The van der Waals surface area contributed by atoms with Gasteiger partial charge >= 0.3 is 0 Å². The number of rotatable bonds is 7. The second kappa shape index (κ2) is 9.02. The standard InChI is InChI=1S/C24H29N3O4S/c1-16-3-10-23(25-14-16)26-24(29)22(13-18-11-12-27(15-18)17(2)28)19-4-6-20(7-5-19)32(30,31)21-8-9-21/h3-7,10,14,18,21-22H,8-9,11-13,15H2,1-2H3,(H,25,26,29)/t18-,22-/m1/s1. The van der Waals surface area contributed by atoms with Crippen LogP contribution in [-0.4, -0.2) is 48.5 Å². The number of nitrogens with zero attached hydrogens (tertiary/aromatic N) is 2. The third kappa shape index (κ3) is 5.01. The zero-order valence-electron chi connectivity index (χ0n) is 18.5. The van der Waals surface area contributed by atoms with Gasteiger partial charge in [0.15, 0.2) is 9.84 Å². The molecule has 1 N–H and O–H groups in total. The Labute approximate surface area is 189 Å². The molecule has 1 aliphatic heterocycles. The molecule has 0 spiro atoms. The fourth-order valence-electron chi connectivity index (χ4n) is 4.25. The number of nitrogens with one attached hydrogen (secondary N) is 1. The van der Waals surface area contributed by atoms with Crippen LogP contribution in [0.2, 0.25) is 0 Å². The van der Waals surface area contributed by atoms with Crippen LogP contribution < -0.4 is 5.32 Å². The van der Waals surface area contributed by atoms with Crippen LogP contribution in [0.15, 0.2) is 47.5 Å². The van der Waals surface area contributed by atoms with Gasteiger partial charge < -0.3 is 10.2 Å². The first-order chi connectivity index (χ1) is 15.2. The quantitative estimate of drug-likeness (QED) is 0.691. The monoisotopic (exact) mass is 455 g/mol. The Morgan fingerprint density at radius 1 is 1.12 bits per heavy atom. The molecule has 4 rings (SSSR count). The van der Waals surface area contributed by atoms with E-state index >= 15 is 0 Å². The number of amides is 2. The zero-order valence-corrected chi connectivity index (χ0v) is 19.3. The number of pyridine rings is 1. The lowest BCUT2D eigenvalue weighted by atomic mass is 9.87. The van der Waals surface area contributed by atoms with Crippen LogP contribution in [0.4, 0.5) is 5.82 Å². The molecule has 0 radical (unpaired) electrons. The second-order valence-electron chi connectivity index (χ2n) is 8.93. The van der Waals surface area contributed by atoms with Crippen LogP contribution in [-0.2, 0) is 19.4 Å². The molecule has 1 saturated heterocycles. The SMILES string of the molecule is CC(=O)N1CC[C@H](C[C@@H](C(=O)Nc2ccc(C)cn2)c2ccc(S(=O)(=O)C3CC3)cc2)C1.